The van der Waals surface area contributed by atoms with E-state index in [4.69, 9.17) is 9.68 Å². The molecular weight excluding hydrogens is 388 g/mol. The lowest BCUT2D eigenvalue weighted by molar-refractivity contribution is -0.146. The molecule has 0 fully saturated rings. The summed E-state index contributed by atoms with van der Waals surface area (Å²) in [4.78, 5) is 36.7. The molecule has 4 rings (SSSR count). The summed E-state index contributed by atoms with van der Waals surface area (Å²) in [5.41, 5.74) is 2.61. The van der Waals surface area contributed by atoms with E-state index in [-0.39, 0.29) is 24.8 Å². The molecule has 0 bridgehead atoms. The molecule has 0 aliphatic rings. The topological polar surface area (TPSA) is 114 Å². The highest BCUT2D eigenvalue weighted by Gasteiger charge is 2.11. The molecule has 0 aliphatic carbocycles. The van der Waals surface area contributed by atoms with E-state index >= 15 is 0 Å². The van der Waals surface area contributed by atoms with Crippen molar-refractivity contribution in [3.63, 3.8) is 0 Å². The van der Waals surface area contributed by atoms with Crippen LogP contribution >= 0.6 is 0 Å². The first kappa shape index (κ1) is 19.5. The molecule has 0 unspecified atom stereocenters. The van der Waals surface area contributed by atoms with Gasteiger partial charge in [-0.15, -0.1) is 10.2 Å². The third-order valence-electron chi connectivity index (χ3n) is 4.53. The van der Waals surface area contributed by atoms with Crippen LogP contribution in [0.25, 0.3) is 22.1 Å². The van der Waals surface area contributed by atoms with E-state index in [1.807, 2.05) is 24.3 Å². The van der Waals surface area contributed by atoms with Crippen molar-refractivity contribution in [1.82, 2.24) is 30.3 Å². The average Bonchev–Trinajstić information content (AvgIpc) is 3.35. The molecule has 0 saturated carbocycles. The fourth-order valence-corrected chi connectivity index (χ4v) is 3.01. The number of hydrogen-bond acceptors (Lipinski definition) is 8. The molecule has 0 aliphatic heterocycles. The maximum absolute atomic E-state index is 12.0. The van der Waals surface area contributed by atoms with E-state index in [0.717, 1.165) is 22.5 Å². The van der Waals surface area contributed by atoms with Crippen LogP contribution in [-0.2, 0) is 9.59 Å². The van der Waals surface area contributed by atoms with Gasteiger partial charge in [0.25, 0.3) is 0 Å². The smallest absolute Gasteiger partial charge is 0.317 e. The number of unbranched alkanes of at least 4 members (excludes halogenated alkanes) is 3. The highest BCUT2D eigenvalue weighted by atomic mass is 16.7. The lowest BCUT2D eigenvalue weighted by Crippen LogP contribution is -2.21. The number of fused-ring (bicyclic) bond motifs is 2. The quantitative estimate of drug-likeness (QED) is 0.306. The molecule has 0 atom stereocenters. The lowest BCUT2D eigenvalue weighted by atomic mass is 10.1. The molecule has 0 amide bonds. The number of rotatable bonds is 9. The third-order valence-corrected chi connectivity index (χ3v) is 4.53. The second kappa shape index (κ2) is 9.12. The van der Waals surface area contributed by atoms with Gasteiger partial charge in [0.15, 0.2) is 0 Å². The van der Waals surface area contributed by atoms with Gasteiger partial charge in [-0.25, -0.2) is 9.59 Å². The molecule has 0 N–H and O–H groups in total. The molecule has 10 heteroatoms. The van der Waals surface area contributed by atoms with Crippen molar-refractivity contribution >= 4 is 34.0 Å². The van der Waals surface area contributed by atoms with Gasteiger partial charge >= 0.3 is 11.9 Å². The fraction of sp³-hybridized carbons (Fsp3) is 0.300. The molecule has 10 nitrogen and oxygen atoms in total. The first-order chi connectivity index (χ1) is 14.7. The predicted octanol–water partition coefficient (Wildman–Crippen LogP) is 2.13. The number of para-hydroxylation sites is 2. The third kappa shape index (κ3) is 4.59. The van der Waals surface area contributed by atoms with Crippen LogP contribution < -0.4 is 9.68 Å². The van der Waals surface area contributed by atoms with Gasteiger partial charge in [0.2, 0.25) is 0 Å². The van der Waals surface area contributed by atoms with E-state index in [1.165, 1.54) is 0 Å². The minimum atomic E-state index is -0.372. The Hall–Kier alpha value is -3.82. The van der Waals surface area contributed by atoms with Crippen LogP contribution in [0.1, 0.15) is 38.5 Å². The number of aromatic nitrogens is 6. The molecule has 2 aromatic heterocycles. The summed E-state index contributed by atoms with van der Waals surface area (Å²) in [6.45, 7) is 0. The summed E-state index contributed by atoms with van der Waals surface area (Å²) in [7, 11) is 0. The zero-order valence-electron chi connectivity index (χ0n) is 16.2. The van der Waals surface area contributed by atoms with Crippen molar-refractivity contribution in [3.05, 3.63) is 48.5 Å². The van der Waals surface area contributed by atoms with E-state index < -0.39 is 0 Å². The first-order valence-electron chi connectivity index (χ1n) is 9.74. The van der Waals surface area contributed by atoms with E-state index in [2.05, 4.69) is 20.6 Å². The Morgan fingerprint density at radius 2 is 1.10 bits per heavy atom. The monoisotopic (exact) mass is 408 g/mol. The fourth-order valence-electron chi connectivity index (χ4n) is 3.01. The molecule has 154 valence electrons. The standard InChI is InChI=1S/C20H20N6O4/c27-19(29-25-17-11-7-5-9-15(17)21-23-25)13-3-1-2-4-14-20(28)30-26-18-12-8-6-10-16(18)22-24-26/h5-12H,1-4,13-14H2. The van der Waals surface area contributed by atoms with Gasteiger partial charge in [-0.05, 0) is 47.5 Å². The summed E-state index contributed by atoms with van der Waals surface area (Å²) in [6, 6.07) is 14.5. The van der Waals surface area contributed by atoms with Gasteiger partial charge in [-0.1, -0.05) is 46.8 Å². The molecule has 4 aromatic rings. The second-order valence-electron chi connectivity index (χ2n) is 6.74. The predicted molar refractivity (Wildman–Crippen MR) is 106 cm³/mol. The van der Waals surface area contributed by atoms with Gasteiger partial charge in [0.1, 0.15) is 22.1 Å². The lowest BCUT2D eigenvalue weighted by Gasteiger charge is -2.04. The second-order valence-corrected chi connectivity index (χ2v) is 6.74. The minimum Gasteiger partial charge on any atom is -0.317 e. The molecule has 30 heavy (non-hydrogen) atoms. The summed E-state index contributed by atoms with van der Waals surface area (Å²) in [5, 5.41) is 15.5. The van der Waals surface area contributed by atoms with E-state index in [1.54, 1.807) is 24.3 Å². The van der Waals surface area contributed by atoms with Crippen molar-refractivity contribution in [1.29, 1.82) is 0 Å². The zero-order valence-corrected chi connectivity index (χ0v) is 16.2. The summed E-state index contributed by atoms with van der Waals surface area (Å²) in [5.74, 6) is -0.744. The van der Waals surface area contributed by atoms with Gasteiger partial charge in [-0.3, -0.25) is 0 Å². The van der Waals surface area contributed by atoms with Crippen LogP contribution in [0.5, 0.6) is 0 Å². The Kier molecular flexibility index (Phi) is 5.93. The highest BCUT2D eigenvalue weighted by molar-refractivity contribution is 5.76. The number of nitrogens with zero attached hydrogens (tertiary/aromatic N) is 6. The van der Waals surface area contributed by atoms with Crippen molar-refractivity contribution in [3.8, 4) is 0 Å². The molecule has 0 spiro atoms. The minimum absolute atomic E-state index is 0.267. The van der Waals surface area contributed by atoms with E-state index in [9.17, 15) is 9.59 Å². The summed E-state index contributed by atoms with van der Waals surface area (Å²) in [6.07, 6.45) is 3.45. The van der Waals surface area contributed by atoms with Gasteiger partial charge in [0, 0.05) is 12.8 Å². The van der Waals surface area contributed by atoms with Crippen LogP contribution in [0.2, 0.25) is 0 Å². The number of carbonyl (C=O) groups excluding carboxylic acids is 2. The molecular formula is C20H20N6O4. The Bertz CT molecular complexity index is 1080. The Morgan fingerprint density at radius 3 is 1.57 bits per heavy atom. The summed E-state index contributed by atoms with van der Waals surface area (Å²) < 4.78 is 0. The van der Waals surface area contributed by atoms with Gasteiger partial charge in [-0.2, -0.15) is 0 Å². The molecule has 2 heterocycles. The van der Waals surface area contributed by atoms with Crippen LogP contribution in [0, 0.1) is 0 Å². The molecule has 0 radical (unpaired) electrons. The Labute approximate surface area is 171 Å². The zero-order chi connectivity index (χ0) is 20.8. The number of hydrogen-bond donors (Lipinski definition) is 0. The maximum Gasteiger partial charge on any atom is 0.335 e. The summed E-state index contributed by atoms with van der Waals surface area (Å²) >= 11 is 0. The van der Waals surface area contributed by atoms with Gasteiger partial charge < -0.3 is 9.68 Å². The first-order valence-corrected chi connectivity index (χ1v) is 9.74. The Morgan fingerprint density at radius 1 is 0.667 bits per heavy atom. The maximum atomic E-state index is 12.0. The normalized spacial score (nSPS) is 11.1. The Balaban J connectivity index is 1.12. The largest absolute Gasteiger partial charge is 0.335 e. The number of carbonyl (C=O) groups is 2. The van der Waals surface area contributed by atoms with Gasteiger partial charge in [0.05, 0.1) is 0 Å². The van der Waals surface area contributed by atoms with Crippen molar-refractivity contribution < 1.29 is 19.3 Å². The van der Waals surface area contributed by atoms with E-state index in [0.29, 0.717) is 34.9 Å². The van der Waals surface area contributed by atoms with Crippen LogP contribution in [-0.4, -0.2) is 42.3 Å². The van der Waals surface area contributed by atoms with Crippen molar-refractivity contribution in [2.24, 2.45) is 0 Å². The van der Waals surface area contributed by atoms with Crippen LogP contribution in [0.15, 0.2) is 48.5 Å². The highest BCUT2D eigenvalue weighted by Crippen LogP contribution is 2.11. The average molecular weight is 408 g/mol. The van der Waals surface area contributed by atoms with Crippen molar-refractivity contribution in [2.75, 3.05) is 0 Å². The number of benzene rings is 2. The van der Waals surface area contributed by atoms with Crippen LogP contribution in [0.4, 0.5) is 0 Å². The SMILES string of the molecule is O=C(CCCCCCC(=O)On1nnc2ccccc21)On1nnc2ccccc21. The molecule has 0 saturated heterocycles. The van der Waals surface area contributed by atoms with Crippen molar-refractivity contribution in [2.45, 2.75) is 38.5 Å². The van der Waals surface area contributed by atoms with Crippen LogP contribution in [0.3, 0.4) is 0 Å². The molecule has 2 aromatic carbocycles.